The van der Waals surface area contributed by atoms with Crippen molar-refractivity contribution in [1.29, 1.82) is 0 Å². The zero-order valence-corrected chi connectivity index (χ0v) is 18.3. The number of hydrogen-bond acceptors (Lipinski definition) is 6. The number of aromatic nitrogens is 5. The molecule has 1 fully saturated rings. The molecule has 1 aliphatic rings. The van der Waals surface area contributed by atoms with Gasteiger partial charge in [0, 0.05) is 37.3 Å². The average Bonchev–Trinajstić information content (AvgIpc) is 3.19. The van der Waals surface area contributed by atoms with Gasteiger partial charge in [0.2, 0.25) is 5.95 Å². The van der Waals surface area contributed by atoms with Gasteiger partial charge in [-0.3, -0.25) is 14.3 Å². The lowest BCUT2D eigenvalue weighted by molar-refractivity contribution is 0.572. The molecule has 1 N–H and O–H groups in total. The number of fused-ring (bicyclic) bond motifs is 2. The number of rotatable bonds is 4. The topological polar surface area (TPSA) is 80.9 Å². The van der Waals surface area contributed by atoms with Crippen molar-refractivity contribution in [2.24, 2.45) is 0 Å². The number of anilines is 1. The molecule has 5 rings (SSSR count). The van der Waals surface area contributed by atoms with E-state index in [1.54, 1.807) is 13.1 Å². The third-order valence-electron chi connectivity index (χ3n) is 5.79. The Balaban J connectivity index is 1.63. The van der Waals surface area contributed by atoms with Crippen molar-refractivity contribution in [3.63, 3.8) is 0 Å². The van der Waals surface area contributed by atoms with Gasteiger partial charge in [0.15, 0.2) is 0 Å². The maximum atomic E-state index is 13.6. The summed E-state index contributed by atoms with van der Waals surface area (Å²) in [6, 6.07) is 10.1. The van der Waals surface area contributed by atoms with Crippen LogP contribution in [0.2, 0.25) is 0 Å². The number of hydrogen-bond donors (Lipinski definition) is 1. The van der Waals surface area contributed by atoms with Gasteiger partial charge in [-0.25, -0.2) is 9.67 Å². The number of imidazole rings is 1. The van der Waals surface area contributed by atoms with Gasteiger partial charge in [0.05, 0.1) is 25.0 Å². The van der Waals surface area contributed by atoms with Gasteiger partial charge >= 0.3 is 0 Å². The van der Waals surface area contributed by atoms with Crippen molar-refractivity contribution in [1.82, 2.24) is 29.6 Å². The van der Waals surface area contributed by atoms with Crippen LogP contribution < -0.4 is 15.8 Å². The lowest BCUT2D eigenvalue weighted by Crippen LogP contribution is -2.44. The summed E-state index contributed by atoms with van der Waals surface area (Å²) in [4.78, 5) is 25.2. The van der Waals surface area contributed by atoms with E-state index in [9.17, 15) is 4.79 Å². The highest BCUT2D eigenvalue weighted by molar-refractivity contribution is 5.85. The minimum absolute atomic E-state index is 0.179. The minimum atomic E-state index is -0.179. The van der Waals surface area contributed by atoms with Crippen LogP contribution in [-0.2, 0) is 13.1 Å². The summed E-state index contributed by atoms with van der Waals surface area (Å²) >= 11 is 0. The van der Waals surface area contributed by atoms with E-state index in [0.717, 1.165) is 54.3 Å². The Hall–Kier alpha value is -3.70. The van der Waals surface area contributed by atoms with Crippen LogP contribution in [0, 0.1) is 18.8 Å². The van der Waals surface area contributed by atoms with Gasteiger partial charge in [0.1, 0.15) is 11.0 Å². The van der Waals surface area contributed by atoms with Gasteiger partial charge in [0.25, 0.3) is 5.56 Å². The molecule has 0 aliphatic carbocycles. The second kappa shape index (κ2) is 8.44. The molecule has 8 heteroatoms. The Labute approximate surface area is 185 Å². The van der Waals surface area contributed by atoms with E-state index in [0.29, 0.717) is 24.1 Å². The fraction of sp³-hybridized carbons (Fsp3) is 0.333. The van der Waals surface area contributed by atoms with Crippen molar-refractivity contribution in [2.45, 2.75) is 26.9 Å². The van der Waals surface area contributed by atoms with E-state index in [4.69, 9.17) is 9.97 Å². The van der Waals surface area contributed by atoms with E-state index in [-0.39, 0.29) is 5.56 Å². The third kappa shape index (κ3) is 3.61. The summed E-state index contributed by atoms with van der Waals surface area (Å²) in [5, 5.41) is 9.93. The number of aryl methyl sites for hydroxylation is 1. The smallest absolute Gasteiger partial charge is 0.293 e. The first kappa shape index (κ1) is 20.2. The van der Waals surface area contributed by atoms with Crippen LogP contribution >= 0.6 is 0 Å². The Bertz CT molecular complexity index is 1420. The van der Waals surface area contributed by atoms with Crippen LogP contribution in [0.3, 0.4) is 0 Å². The third-order valence-corrected chi connectivity index (χ3v) is 5.79. The van der Waals surface area contributed by atoms with E-state index in [2.05, 4.69) is 39.3 Å². The van der Waals surface area contributed by atoms with E-state index in [1.165, 1.54) is 4.68 Å². The van der Waals surface area contributed by atoms with Gasteiger partial charge < -0.3 is 10.2 Å². The maximum Gasteiger partial charge on any atom is 0.293 e. The largest absolute Gasteiger partial charge is 0.340 e. The highest BCUT2D eigenvalue weighted by Crippen LogP contribution is 2.22. The highest BCUT2D eigenvalue weighted by Gasteiger charge is 2.22. The molecule has 162 valence electrons. The molecular weight excluding hydrogens is 402 g/mol. The van der Waals surface area contributed by atoms with Crippen LogP contribution in [0.5, 0.6) is 0 Å². The predicted octanol–water partition coefficient (Wildman–Crippen LogP) is 1.93. The molecule has 0 spiro atoms. The number of pyridine rings is 1. The molecule has 4 heterocycles. The first-order valence-corrected chi connectivity index (χ1v) is 10.8. The summed E-state index contributed by atoms with van der Waals surface area (Å²) in [6.45, 7) is 7.93. The molecule has 1 aromatic carbocycles. The Kier molecular flexibility index (Phi) is 5.33. The van der Waals surface area contributed by atoms with Crippen molar-refractivity contribution in [3.05, 3.63) is 58.3 Å². The van der Waals surface area contributed by atoms with Crippen LogP contribution in [-0.4, -0.2) is 50.5 Å². The van der Waals surface area contributed by atoms with Crippen molar-refractivity contribution in [2.75, 3.05) is 31.1 Å². The number of nitrogens with zero attached hydrogens (tertiary/aromatic N) is 6. The molecular formula is C24H25N7O. The summed E-state index contributed by atoms with van der Waals surface area (Å²) in [6.07, 6.45) is 1.68. The second-order valence-corrected chi connectivity index (χ2v) is 7.93. The summed E-state index contributed by atoms with van der Waals surface area (Å²) in [7, 11) is 0. The SMILES string of the molecule is CC#CCn1c(N2CCNCC2)nc2cnn(Cc3nc(C)cc4ccccc34)c(=O)c21. The Morgan fingerprint density at radius 2 is 1.97 bits per heavy atom. The molecule has 0 amide bonds. The molecule has 0 unspecified atom stereocenters. The molecule has 0 bridgehead atoms. The zero-order valence-electron chi connectivity index (χ0n) is 18.3. The monoisotopic (exact) mass is 427 g/mol. The highest BCUT2D eigenvalue weighted by atomic mass is 16.1. The van der Waals surface area contributed by atoms with E-state index in [1.807, 2.05) is 29.7 Å². The first-order valence-electron chi connectivity index (χ1n) is 10.8. The molecule has 0 atom stereocenters. The molecule has 0 radical (unpaired) electrons. The van der Waals surface area contributed by atoms with Crippen molar-refractivity contribution >= 4 is 27.8 Å². The van der Waals surface area contributed by atoms with Crippen molar-refractivity contribution in [3.8, 4) is 11.8 Å². The van der Waals surface area contributed by atoms with Crippen LogP contribution in [0.15, 0.2) is 41.3 Å². The molecule has 1 aliphatic heterocycles. The standard InChI is InChI=1S/C24H25N7O/c1-3-4-11-30-22-20(28-24(30)29-12-9-25-10-13-29)15-26-31(23(22)32)16-21-19-8-6-5-7-18(19)14-17(2)27-21/h5-8,14-15,25H,9-13,16H2,1-2H3. The van der Waals surface area contributed by atoms with E-state index >= 15 is 0 Å². The molecule has 4 aromatic rings. The number of benzene rings is 1. The average molecular weight is 428 g/mol. The molecule has 32 heavy (non-hydrogen) atoms. The molecule has 3 aromatic heterocycles. The fourth-order valence-corrected chi connectivity index (χ4v) is 4.28. The lowest BCUT2D eigenvalue weighted by atomic mass is 10.1. The lowest BCUT2D eigenvalue weighted by Gasteiger charge is -2.28. The zero-order chi connectivity index (χ0) is 22.1. The minimum Gasteiger partial charge on any atom is -0.340 e. The number of nitrogens with one attached hydrogen (secondary N) is 1. The maximum absolute atomic E-state index is 13.6. The normalized spacial score (nSPS) is 14.0. The van der Waals surface area contributed by atoms with E-state index < -0.39 is 0 Å². The Morgan fingerprint density at radius 3 is 2.78 bits per heavy atom. The van der Waals surface area contributed by atoms with Crippen LogP contribution in [0.4, 0.5) is 5.95 Å². The van der Waals surface area contributed by atoms with Gasteiger partial charge in [-0.2, -0.15) is 5.10 Å². The van der Waals surface area contributed by atoms with Gasteiger partial charge in [-0.05, 0) is 25.3 Å². The van der Waals surface area contributed by atoms with Gasteiger partial charge in [-0.1, -0.05) is 30.2 Å². The summed E-state index contributed by atoms with van der Waals surface area (Å²) < 4.78 is 3.41. The van der Waals surface area contributed by atoms with Crippen LogP contribution in [0.25, 0.3) is 21.8 Å². The first-order chi connectivity index (χ1) is 15.7. The molecule has 0 saturated carbocycles. The molecule has 8 nitrogen and oxygen atoms in total. The summed E-state index contributed by atoms with van der Waals surface area (Å²) in [5.41, 5.74) is 2.70. The predicted molar refractivity (Wildman–Crippen MR) is 126 cm³/mol. The Morgan fingerprint density at radius 1 is 1.16 bits per heavy atom. The second-order valence-electron chi connectivity index (χ2n) is 7.93. The fourth-order valence-electron chi connectivity index (χ4n) is 4.28. The van der Waals surface area contributed by atoms with Crippen molar-refractivity contribution < 1.29 is 0 Å². The molecule has 1 saturated heterocycles. The number of piperazine rings is 1. The quantitative estimate of drug-likeness (QED) is 0.502. The summed E-state index contributed by atoms with van der Waals surface area (Å²) in [5.74, 6) is 6.82. The van der Waals surface area contributed by atoms with Crippen LogP contribution in [0.1, 0.15) is 18.3 Å². The van der Waals surface area contributed by atoms with Gasteiger partial charge in [-0.15, -0.1) is 5.92 Å².